The van der Waals surface area contributed by atoms with E-state index in [4.69, 9.17) is 0 Å². The molecule has 1 amide bonds. The third kappa shape index (κ3) is 2.95. The molecule has 2 aromatic rings. The van der Waals surface area contributed by atoms with Crippen LogP contribution in [0.1, 0.15) is 30.5 Å². The predicted molar refractivity (Wildman–Crippen MR) is 96.6 cm³/mol. The number of hydrogen-bond donors (Lipinski definition) is 1. The Morgan fingerprint density at radius 1 is 1.20 bits per heavy atom. The van der Waals surface area contributed by atoms with Crippen molar-refractivity contribution < 1.29 is 13.2 Å². The van der Waals surface area contributed by atoms with Crippen molar-refractivity contribution in [2.24, 2.45) is 0 Å². The standard InChI is InChI=1S/C18H23N3O3S/c1-25(23,24)21-10-5-4-8-17(21)18(22)20-11-9-16-14(12-20)13-6-2-3-7-15(13)19-16/h2-3,6-7,17,19H,4-5,8-12H2,1H3/t17-/m0/s1. The molecule has 0 bridgehead atoms. The van der Waals surface area contributed by atoms with Crippen LogP contribution in [0.5, 0.6) is 0 Å². The number of para-hydroxylation sites is 1. The molecule has 0 saturated carbocycles. The van der Waals surface area contributed by atoms with Crippen molar-refractivity contribution in [2.75, 3.05) is 19.3 Å². The Balaban J connectivity index is 1.61. The summed E-state index contributed by atoms with van der Waals surface area (Å²) >= 11 is 0. The second-order valence-electron chi connectivity index (χ2n) is 7.02. The van der Waals surface area contributed by atoms with Gasteiger partial charge in [-0.25, -0.2) is 8.42 Å². The van der Waals surface area contributed by atoms with Crippen molar-refractivity contribution in [3.8, 4) is 0 Å². The summed E-state index contributed by atoms with van der Waals surface area (Å²) in [6, 6.07) is 7.58. The van der Waals surface area contributed by atoms with Gasteiger partial charge in [-0.3, -0.25) is 4.79 Å². The van der Waals surface area contributed by atoms with Gasteiger partial charge in [0, 0.05) is 48.2 Å². The molecule has 2 aliphatic heterocycles. The summed E-state index contributed by atoms with van der Waals surface area (Å²) in [5.74, 6) is -0.0546. The number of aromatic nitrogens is 1. The maximum atomic E-state index is 13.1. The Morgan fingerprint density at radius 2 is 2.00 bits per heavy atom. The fraction of sp³-hybridized carbons (Fsp3) is 0.500. The lowest BCUT2D eigenvalue weighted by atomic mass is 10.0. The molecule has 0 radical (unpaired) electrons. The maximum absolute atomic E-state index is 13.1. The number of nitrogens with zero attached hydrogens (tertiary/aromatic N) is 2. The van der Waals surface area contributed by atoms with E-state index >= 15 is 0 Å². The molecule has 1 atom stereocenters. The van der Waals surface area contributed by atoms with Gasteiger partial charge in [0.1, 0.15) is 6.04 Å². The second-order valence-corrected chi connectivity index (χ2v) is 8.96. The Hall–Kier alpha value is -1.86. The van der Waals surface area contributed by atoms with Gasteiger partial charge in [-0.2, -0.15) is 4.31 Å². The molecule has 6 nitrogen and oxygen atoms in total. The Labute approximate surface area is 147 Å². The van der Waals surface area contributed by atoms with Crippen molar-refractivity contribution in [1.82, 2.24) is 14.2 Å². The van der Waals surface area contributed by atoms with E-state index in [2.05, 4.69) is 11.1 Å². The second kappa shape index (κ2) is 6.14. The van der Waals surface area contributed by atoms with E-state index in [1.54, 1.807) is 0 Å². The number of rotatable bonds is 2. The molecule has 1 saturated heterocycles. The largest absolute Gasteiger partial charge is 0.358 e. The lowest BCUT2D eigenvalue weighted by Crippen LogP contribution is -2.53. The zero-order chi connectivity index (χ0) is 17.6. The molecule has 2 aliphatic rings. The van der Waals surface area contributed by atoms with Gasteiger partial charge in [-0.05, 0) is 18.9 Å². The first-order chi connectivity index (χ1) is 11.9. The number of piperidine rings is 1. The van der Waals surface area contributed by atoms with E-state index < -0.39 is 16.1 Å². The number of nitrogens with one attached hydrogen (secondary N) is 1. The number of amides is 1. The topological polar surface area (TPSA) is 73.5 Å². The fourth-order valence-corrected chi connectivity index (χ4v) is 5.23. The monoisotopic (exact) mass is 361 g/mol. The first-order valence-corrected chi connectivity index (χ1v) is 10.6. The molecule has 0 spiro atoms. The van der Waals surface area contributed by atoms with Gasteiger partial charge < -0.3 is 9.88 Å². The number of sulfonamides is 1. The fourth-order valence-electron chi connectivity index (χ4n) is 4.11. The van der Waals surface area contributed by atoms with Crippen LogP contribution in [0.3, 0.4) is 0 Å². The highest BCUT2D eigenvalue weighted by Crippen LogP contribution is 2.29. The van der Waals surface area contributed by atoms with Gasteiger partial charge in [0.2, 0.25) is 15.9 Å². The van der Waals surface area contributed by atoms with E-state index in [0.29, 0.717) is 26.1 Å². The normalized spacial score (nSPS) is 22.1. The van der Waals surface area contributed by atoms with Crippen LogP contribution < -0.4 is 0 Å². The maximum Gasteiger partial charge on any atom is 0.241 e. The summed E-state index contributed by atoms with van der Waals surface area (Å²) in [5, 5.41) is 1.15. The van der Waals surface area contributed by atoms with Crippen LogP contribution in [0, 0.1) is 0 Å². The van der Waals surface area contributed by atoms with Crippen molar-refractivity contribution >= 4 is 26.8 Å². The summed E-state index contributed by atoms with van der Waals surface area (Å²) in [6.45, 7) is 1.63. The smallest absolute Gasteiger partial charge is 0.241 e. The first-order valence-electron chi connectivity index (χ1n) is 8.79. The van der Waals surface area contributed by atoms with Crippen LogP contribution in [-0.4, -0.2) is 53.9 Å². The predicted octanol–water partition coefficient (Wildman–Crippen LogP) is 1.87. The molecule has 134 valence electrons. The lowest BCUT2D eigenvalue weighted by molar-refractivity contribution is -0.137. The van der Waals surface area contributed by atoms with Crippen LogP contribution >= 0.6 is 0 Å². The molecule has 7 heteroatoms. The van der Waals surface area contributed by atoms with E-state index in [0.717, 1.165) is 35.7 Å². The summed E-state index contributed by atoms with van der Waals surface area (Å²) in [4.78, 5) is 18.4. The average Bonchev–Trinajstić information content (AvgIpc) is 2.98. The lowest BCUT2D eigenvalue weighted by Gasteiger charge is -2.37. The summed E-state index contributed by atoms with van der Waals surface area (Å²) in [7, 11) is -3.36. The van der Waals surface area contributed by atoms with Gasteiger partial charge >= 0.3 is 0 Å². The van der Waals surface area contributed by atoms with Crippen LogP contribution in [0.2, 0.25) is 0 Å². The molecular formula is C18H23N3O3S. The molecule has 25 heavy (non-hydrogen) atoms. The summed E-state index contributed by atoms with van der Waals surface area (Å²) in [6.07, 6.45) is 4.31. The molecule has 1 N–H and O–H groups in total. The SMILES string of the molecule is CS(=O)(=O)N1CCCC[C@H]1C(=O)N1CCc2[nH]c3ccccc3c2C1. The zero-order valence-electron chi connectivity index (χ0n) is 14.4. The third-order valence-electron chi connectivity index (χ3n) is 5.36. The molecular weight excluding hydrogens is 338 g/mol. The van der Waals surface area contributed by atoms with Crippen molar-refractivity contribution in [2.45, 2.75) is 38.3 Å². The minimum Gasteiger partial charge on any atom is -0.358 e. The van der Waals surface area contributed by atoms with Gasteiger partial charge in [0.15, 0.2) is 0 Å². The molecule has 4 rings (SSSR count). The van der Waals surface area contributed by atoms with Crippen molar-refractivity contribution in [3.63, 3.8) is 0 Å². The number of aromatic amines is 1. The molecule has 1 fully saturated rings. The van der Waals surface area contributed by atoms with Crippen molar-refractivity contribution in [1.29, 1.82) is 0 Å². The Kier molecular flexibility index (Phi) is 4.08. The number of benzene rings is 1. The Morgan fingerprint density at radius 3 is 2.80 bits per heavy atom. The van der Waals surface area contributed by atoms with Gasteiger partial charge in [0.25, 0.3) is 0 Å². The number of hydrogen-bond acceptors (Lipinski definition) is 3. The zero-order valence-corrected chi connectivity index (χ0v) is 15.2. The quantitative estimate of drug-likeness (QED) is 0.887. The van der Waals surface area contributed by atoms with E-state index in [9.17, 15) is 13.2 Å². The van der Waals surface area contributed by atoms with Gasteiger partial charge in [-0.1, -0.05) is 24.6 Å². The summed E-state index contributed by atoms with van der Waals surface area (Å²) < 4.78 is 25.5. The number of fused-ring (bicyclic) bond motifs is 3. The minimum absolute atomic E-state index is 0.0546. The summed E-state index contributed by atoms with van der Waals surface area (Å²) in [5.41, 5.74) is 3.45. The molecule has 0 unspecified atom stereocenters. The van der Waals surface area contributed by atoms with E-state index in [-0.39, 0.29) is 5.91 Å². The van der Waals surface area contributed by atoms with Crippen LogP contribution in [0.4, 0.5) is 0 Å². The highest BCUT2D eigenvalue weighted by atomic mass is 32.2. The van der Waals surface area contributed by atoms with Gasteiger partial charge in [0.05, 0.1) is 6.26 Å². The van der Waals surface area contributed by atoms with Crippen LogP contribution in [-0.2, 0) is 27.8 Å². The van der Waals surface area contributed by atoms with Crippen LogP contribution in [0.25, 0.3) is 10.9 Å². The Bertz CT molecular complexity index is 919. The highest BCUT2D eigenvalue weighted by molar-refractivity contribution is 7.88. The number of carbonyl (C=O) groups is 1. The first kappa shape index (κ1) is 16.6. The van der Waals surface area contributed by atoms with E-state index in [1.165, 1.54) is 16.3 Å². The third-order valence-corrected chi connectivity index (χ3v) is 6.65. The average molecular weight is 361 g/mol. The molecule has 1 aromatic carbocycles. The molecule has 3 heterocycles. The number of carbonyl (C=O) groups excluding carboxylic acids is 1. The highest BCUT2D eigenvalue weighted by Gasteiger charge is 2.37. The molecule has 1 aromatic heterocycles. The van der Waals surface area contributed by atoms with Crippen molar-refractivity contribution in [3.05, 3.63) is 35.5 Å². The number of H-pyrrole nitrogens is 1. The van der Waals surface area contributed by atoms with Gasteiger partial charge in [-0.15, -0.1) is 0 Å². The molecule has 0 aliphatic carbocycles. The minimum atomic E-state index is -3.36. The van der Waals surface area contributed by atoms with E-state index in [1.807, 2.05) is 23.1 Å². The van der Waals surface area contributed by atoms with Crippen LogP contribution in [0.15, 0.2) is 24.3 Å².